The summed E-state index contributed by atoms with van der Waals surface area (Å²) in [6.07, 6.45) is 1.74. The zero-order chi connectivity index (χ0) is 13.5. The van der Waals surface area contributed by atoms with Gasteiger partial charge in [-0.1, -0.05) is 37.3 Å². The predicted octanol–water partition coefficient (Wildman–Crippen LogP) is 2.30. The largest absolute Gasteiger partial charge is 0.445 e. The van der Waals surface area contributed by atoms with Crippen molar-refractivity contribution in [3.63, 3.8) is 0 Å². The van der Waals surface area contributed by atoms with Gasteiger partial charge in [-0.25, -0.2) is 4.79 Å². The monoisotopic (exact) mass is 262 g/mol. The zero-order valence-electron chi connectivity index (χ0n) is 11.4. The number of alkyl carbamates (subject to hydrolysis) is 1. The van der Waals surface area contributed by atoms with Crippen molar-refractivity contribution in [3.8, 4) is 0 Å². The van der Waals surface area contributed by atoms with Crippen molar-refractivity contribution < 1.29 is 9.53 Å². The molecule has 4 nitrogen and oxygen atoms in total. The van der Waals surface area contributed by atoms with E-state index in [1.807, 2.05) is 30.3 Å². The van der Waals surface area contributed by atoms with Crippen molar-refractivity contribution in [1.29, 1.82) is 0 Å². The highest BCUT2D eigenvalue weighted by Crippen LogP contribution is 2.15. The second-order valence-corrected chi connectivity index (χ2v) is 4.97. The van der Waals surface area contributed by atoms with Crippen molar-refractivity contribution in [2.45, 2.75) is 32.4 Å². The van der Waals surface area contributed by atoms with Crippen LogP contribution in [0.2, 0.25) is 0 Å². The highest BCUT2D eigenvalue weighted by Gasteiger charge is 2.25. The fourth-order valence-electron chi connectivity index (χ4n) is 2.49. The third-order valence-electron chi connectivity index (χ3n) is 3.62. The Hall–Kier alpha value is -1.55. The molecule has 1 saturated heterocycles. The normalized spacial score (nSPS) is 19.9. The lowest BCUT2D eigenvalue weighted by molar-refractivity contribution is 0.131. The number of rotatable bonds is 5. The van der Waals surface area contributed by atoms with E-state index < -0.39 is 0 Å². The summed E-state index contributed by atoms with van der Waals surface area (Å²) in [7, 11) is 0. The van der Waals surface area contributed by atoms with E-state index >= 15 is 0 Å². The summed E-state index contributed by atoms with van der Waals surface area (Å²) in [5, 5.41) is 6.30. The second-order valence-electron chi connectivity index (χ2n) is 4.97. The summed E-state index contributed by atoms with van der Waals surface area (Å²) in [5.41, 5.74) is 1.01. The molecule has 0 radical (unpaired) electrons. The zero-order valence-corrected chi connectivity index (χ0v) is 11.4. The van der Waals surface area contributed by atoms with Crippen LogP contribution in [-0.4, -0.2) is 25.2 Å². The van der Waals surface area contributed by atoms with Crippen LogP contribution < -0.4 is 10.6 Å². The van der Waals surface area contributed by atoms with E-state index in [9.17, 15) is 4.79 Å². The first-order chi connectivity index (χ1) is 9.29. The van der Waals surface area contributed by atoms with Crippen LogP contribution >= 0.6 is 0 Å². The average molecular weight is 262 g/mol. The van der Waals surface area contributed by atoms with Gasteiger partial charge in [-0.2, -0.15) is 0 Å². The van der Waals surface area contributed by atoms with Crippen LogP contribution in [0.3, 0.4) is 0 Å². The van der Waals surface area contributed by atoms with Crippen molar-refractivity contribution in [2.24, 2.45) is 5.92 Å². The van der Waals surface area contributed by atoms with Crippen LogP contribution in [0.5, 0.6) is 0 Å². The molecule has 2 atom stereocenters. The Kier molecular flexibility index (Phi) is 5.21. The maximum Gasteiger partial charge on any atom is 0.407 e. The lowest BCUT2D eigenvalue weighted by atomic mass is 9.97. The van der Waals surface area contributed by atoms with Gasteiger partial charge in [-0.15, -0.1) is 0 Å². The number of benzene rings is 1. The predicted molar refractivity (Wildman–Crippen MR) is 74.8 cm³/mol. The van der Waals surface area contributed by atoms with Crippen molar-refractivity contribution in [1.82, 2.24) is 10.6 Å². The van der Waals surface area contributed by atoms with E-state index in [4.69, 9.17) is 4.74 Å². The lowest BCUT2D eigenvalue weighted by Gasteiger charge is -2.22. The van der Waals surface area contributed by atoms with Gasteiger partial charge in [0.15, 0.2) is 0 Å². The molecule has 19 heavy (non-hydrogen) atoms. The first kappa shape index (κ1) is 13.9. The van der Waals surface area contributed by atoms with Gasteiger partial charge < -0.3 is 15.4 Å². The van der Waals surface area contributed by atoms with Crippen LogP contribution in [-0.2, 0) is 11.3 Å². The van der Waals surface area contributed by atoms with Gasteiger partial charge in [0.2, 0.25) is 0 Å². The minimum absolute atomic E-state index is 0.207. The third-order valence-corrected chi connectivity index (χ3v) is 3.62. The molecule has 1 aromatic carbocycles. The Balaban J connectivity index is 1.76. The number of nitrogens with one attached hydrogen (secondary N) is 2. The highest BCUT2D eigenvalue weighted by molar-refractivity contribution is 5.67. The van der Waals surface area contributed by atoms with Gasteiger partial charge in [0.05, 0.1) is 0 Å². The summed E-state index contributed by atoms with van der Waals surface area (Å²) >= 11 is 0. The van der Waals surface area contributed by atoms with Gasteiger partial charge in [-0.3, -0.25) is 0 Å². The highest BCUT2D eigenvalue weighted by atomic mass is 16.5. The van der Waals surface area contributed by atoms with E-state index in [2.05, 4.69) is 17.6 Å². The van der Waals surface area contributed by atoms with E-state index in [0.717, 1.165) is 31.5 Å². The van der Waals surface area contributed by atoms with Crippen molar-refractivity contribution >= 4 is 6.09 Å². The van der Waals surface area contributed by atoms with Gasteiger partial charge >= 0.3 is 6.09 Å². The Morgan fingerprint density at radius 2 is 2.26 bits per heavy atom. The van der Waals surface area contributed by atoms with Crippen LogP contribution in [0.4, 0.5) is 4.79 Å². The molecule has 1 fully saturated rings. The van der Waals surface area contributed by atoms with Crippen molar-refractivity contribution in [3.05, 3.63) is 35.9 Å². The molecule has 0 spiro atoms. The molecule has 1 aliphatic rings. The summed E-state index contributed by atoms with van der Waals surface area (Å²) < 4.78 is 5.25. The number of hydrogen-bond acceptors (Lipinski definition) is 3. The molecule has 1 unspecified atom stereocenters. The maximum absolute atomic E-state index is 11.8. The van der Waals surface area contributed by atoms with Gasteiger partial charge in [0, 0.05) is 6.04 Å². The smallest absolute Gasteiger partial charge is 0.407 e. The molecule has 2 N–H and O–H groups in total. The summed E-state index contributed by atoms with van der Waals surface area (Å²) in [6, 6.07) is 9.93. The average Bonchev–Trinajstić information content (AvgIpc) is 2.97. The fourth-order valence-corrected chi connectivity index (χ4v) is 2.49. The summed E-state index contributed by atoms with van der Waals surface area (Å²) in [5.74, 6) is 0.522. The Morgan fingerprint density at radius 3 is 2.89 bits per heavy atom. The van der Waals surface area contributed by atoms with Gasteiger partial charge in [-0.05, 0) is 37.4 Å². The third kappa shape index (κ3) is 4.24. The van der Waals surface area contributed by atoms with Crippen LogP contribution in [0.25, 0.3) is 0 Å². The molecule has 104 valence electrons. The maximum atomic E-state index is 11.8. The number of carbonyl (C=O) groups excluding carboxylic acids is 1. The van der Waals surface area contributed by atoms with E-state index in [1.165, 1.54) is 0 Å². The van der Waals surface area contributed by atoms with E-state index in [-0.39, 0.29) is 12.1 Å². The Bertz CT molecular complexity index is 388. The molecule has 1 heterocycles. The molecular weight excluding hydrogens is 240 g/mol. The number of ether oxygens (including phenoxy) is 1. The molecule has 1 aromatic rings. The molecule has 4 heteroatoms. The summed E-state index contributed by atoms with van der Waals surface area (Å²) in [4.78, 5) is 11.8. The van der Waals surface area contributed by atoms with Crippen LogP contribution in [0.15, 0.2) is 30.3 Å². The summed E-state index contributed by atoms with van der Waals surface area (Å²) in [6.45, 7) is 4.45. The molecule has 1 aliphatic heterocycles. The van der Waals surface area contributed by atoms with E-state index in [0.29, 0.717) is 12.5 Å². The SMILES string of the molecule is CC[C@H](NC(=O)OCc1ccccc1)C1CCNC1. The minimum Gasteiger partial charge on any atom is -0.445 e. The number of hydrogen-bond donors (Lipinski definition) is 2. The molecular formula is C15H22N2O2. The minimum atomic E-state index is -0.317. The van der Waals surface area contributed by atoms with Crippen LogP contribution in [0.1, 0.15) is 25.3 Å². The topological polar surface area (TPSA) is 50.4 Å². The lowest BCUT2D eigenvalue weighted by Crippen LogP contribution is -2.40. The number of carbonyl (C=O) groups is 1. The first-order valence-electron chi connectivity index (χ1n) is 6.97. The Morgan fingerprint density at radius 1 is 1.47 bits per heavy atom. The fraction of sp³-hybridized carbons (Fsp3) is 0.533. The molecule has 0 aromatic heterocycles. The molecule has 0 aliphatic carbocycles. The second kappa shape index (κ2) is 7.14. The molecule has 2 rings (SSSR count). The van der Waals surface area contributed by atoms with Gasteiger partial charge in [0.1, 0.15) is 6.61 Å². The molecule has 1 amide bonds. The van der Waals surface area contributed by atoms with Crippen molar-refractivity contribution in [2.75, 3.05) is 13.1 Å². The van der Waals surface area contributed by atoms with Gasteiger partial charge in [0.25, 0.3) is 0 Å². The van der Waals surface area contributed by atoms with Crippen LogP contribution in [0, 0.1) is 5.92 Å². The number of amides is 1. The first-order valence-corrected chi connectivity index (χ1v) is 6.97. The van der Waals surface area contributed by atoms with E-state index in [1.54, 1.807) is 0 Å². The Labute approximate surface area is 114 Å². The quantitative estimate of drug-likeness (QED) is 0.856. The molecule has 0 bridgehead atoms. The molecule has 0 saturated carbocycles. The standard InChI is InChI=1S/C15H22N2O2/c1-2-14(13-8-9-16-10-13)17-15(18)19-11-12-6-4-3-5-7-12/h3-7,13-14,16H,2,8-11H2,1H3,(H,17,18)/t13?,14-/m0/s1.